The van der Waals surface area contributed by atoms with Crippen molar-refractivity contribution in [1.29, 1.82) is 0 Å². The Hall–Kier alpha value is -1.05. The Morgan fingerprint density at radius 1 is 1.65 bits per heavy atom. The number of hydrogen-bond acceptors (Lipinski definition) is 3. The molecule has 0 spiro atoms. The number of terminal acetylenes is 1. The molecule has 2 atom stereocenters. The number of hydrogen-bond donors (Lipinski definition) is 2. The molecule has 0 aromatic carbocycles. The Morgan fingerprint density at radius 2 is 2.41 bits per heavy atom. The molecule has 0 aromatic rings. The number of carbonyl (C=O) groups excluding carboxylic acids is 1. The van der Waals surface area contributed by atoms with E-state index < -0.39 is 0 Å². The lowest BCUT2D eigenvalue weighted by Crippen LogP contribution is -2.50. The largest absolute Gasteiger partial charge is 0.344 e. The van der Waals surface area contributed by atoms with E-state index in [4.69, 9.17) is 6.42 Å². The lowest BCUT2D eigenvalue weighted by Gasteiger charge is -2.36. The first-order chi connectivity index (χ1) is 8.19. The van der Waals surface area contributed by atoms with Gasteiger partial charge in [-0.2, -0.15) is 0 Å². The normalized spacial score (nSPS) is 22.8. The average Bonchev–Trinajstić information content (AvgIpc) is 2.35. The van der Waals surface area contributed by atoms with Gasteiger partial charge in [0.2, 0.25) is 5.91 Å². The van der Waals surface area contributed by atoms with Gasteiger partial charge in [0.15, 0.2) is 0 Å². The van der Waals surface area contributed by atoms with E-state index in [2.05, 4.69) is 21.5 Å². The third kappa shape index (κ3) is 4.37. The van der Waals surface area contributed by atoms with Crippen LogP contribution < -0.4 is 10.6 Å². The molecule has 0 aromatic heterocycles. The highest BCUT2D eigenvalue weighted by atomic mass is 16.2. The topological polar surface area (TPSA) is 44.4 Å². The first-order valence-corrected chi connectivity index (χ1v) is 6.28. The van der Waals surface area contributed by atoms with Gasteiger partial charge in [0.1, 0.15) is 0 Å². The number of carbonyl (C=O) groups is 1. The lowest BCUT2D eigenvalue weighted by atomic mass is 9.97. The SMILES string of the molecule is C#CCNC(=O)C(C)N1CCCC(CNC)C1. The molecule has 96 valence electrons. The van der Waals surface area contributed by atoms with Gasteiger partial charge in [0.25, 0.3) is 0 Å². The van der Waals surface area contributed by atoms with Crippen LogP contribution in [-0.2, 0) is 4.79 Å². The zero-order valence-electron chi connectivity index (χ0n) is 10.8. The van der Waals surface area contributed by atoms with Crippen molar-refractivity contribution in [3.05, 3.63) is 0 Å². The van der Waals surface area contributed by atoms with Crippen molar-refractivity contribution in [1.82, 2.24) is 15.5 Å². The third-order valence-electron chi connectivity index (χ3n) is 3.34. The first-order valence-electron chi connectivity index (χ1n) is 6.28. The summed E-state index contributed by atoms with van der Waals surface area (Å²) in [5.41, 5.74) is 0. The molecule has 4 nitrogen and oxygen atoms in total. The Kier molecular flexibility index (Phi) is 6.03. The molecule has 0 aliphatic carbocycles. The van der Waals surface area contributed by atoms with E-state index in [1.807, 2.05) is 14.0 Å². The summed E-state index contributed by atoms with van der Waals surface area (Å²) >= 11 is 0. The maximum Gasteiger partial charge on any atom is 0.237 e. The molecule has 1 amide bonds. The second kappa shape index (κ2) is 7.31. The van der Waals surface area contributed by atoms with Gasteiger partial charge in [0.05, 0.1) is 12.6 Å². The van der Waals surface area contributed by atoms with Crippen molar-refractivity contribution in [2.45, 2.75) is 25.8 Å². The average molecular weight is 237 g/mol. The van der Waals surface area contributed by atoms with Gasteiger partial charge in [0, 0.05) is 6.54 Å². The molecule has 1 aliphatic heterocycles. The van der Waals surface area contributed by atoms with Gasteiger partial charge in [-0.05, 0) is 45.8 Å². The van der Waals surface area contributed by atoms with Crippen LogP contribution in [0.15, 0.2) is 0 Å². The number of nitrogens with one attached hydrogen (secondary N) is 2. The number of likely N-dealkylation sites (tertiary alicyclic amines) is 1. The second-order valence-corrected chi connectivity index (χ2v) is 4.66. The molecule has 17 heavy (non-hydrogen) atoms. The fourth-order valence-corrected chi connectivity index (χ4v) is 2.36. The minimum absolute atomic E-state index is 0.0352. The lowest BCUT2D eigenvalue weighted by molar-refractivity contribution is -0.126. The van der Waals surface area contributed by atoms with E-state index in [1.165, 1.54) is 12.8 Å². The highest BCUT2D eigenvalue weighted by Gasteiger charge is 2.26. The molecule has 0 radical (unpaired) electrons. The summed E-state index contributed by atoms with van der Waals surface area (Å²) in [5.74, 6) is 3.11. The number of nitrogens with zero attached hydrogens (tertiary/aromatic N) is 1. The zero-order valence-corrected chi connectivity index (χ0v) is 10.8. The van der Waals surface area contributed by atoms with Crippen LogP contribution >= 0.6 is 0 Å². The van der Waals surface area contributed by atoms with Gasteiger partial charge < -0.3 is 10.6 Å². The highest BCUT2D eigenvalue weighted by molar-refractivity contribution is 5.81. The molecule has 2 N–H and O–H groups in total. The van der Waals surface area contributed by atoms with Crippen LogP contribution in [0.5, 0.6) is 0 Å². The monoisotopic (exact) mass is 237 g/mol. The Labute approximate surface area is 104 Å². The Bertz CT molecular complexity index is 283. The van der Waals surface area contributed by atoms with Crippen molar-refractivity contribution >= 4 is 5.91 Å². The molecule has 0 bridgehead atoms. The van der Waals surface area contributed by atoms with E-state index in [-0.39, 0.29) is 11.9 Å². The van der Waals surface area contributed by atoms with Crippen molar-refractivity contribution in [3.63, 3.8) is 0 Å². The van der Waals surface area contributed by atoms with Gasteiger partial charge >= 0.3 is 0 Å². The van der Waals surface area contributed by atoms with E-state index in [0.717, 1.165) is 19.6 Å². The van der Waals surface area contributed by atoms with E-state index in [0.29, 0.717) is 12.5 Å². The van der Waals surface area contributed by atoms with Crippen LogP contribution in [0, 0.1) is 18.3 Å². The molecule has 4 heteroatoms. The first kappa shape index (κ1) is 14.0. The van der Waals surface area contributed by atoms with Gasteiger partial charge in [-0.15, -0.1) is 6.42 Å². The molecular formula is C13H23N3O. The minimum atomic E-state index is -0.0805. The minimum Gasteiger partial charge on any atom is -0.344 e. The van der Waals surface area contributed by atoms with Crippen LogP contribution in [0.1, 0.15) is 19.8 Å². The third-order valence-corrected chi connectivity index (χ3v) is 3.34. The van der Waals surface area contributed by atoms with Crippen LogP contribution in [0.4, 0.5) is 0 Å². The fourth-order valence-electron chi connectivity index (χ4n) is 2.36. The summed E-state index contributed by atoms with van der Waals surface area (Å²) in [7, 11) is 1.97. The standard InChI is InChI=1S/C13H23N3O/c1-4-7-15-13(17)11(2)16-8-5-6-12(10-16)9-14-3/h1,11-12,14H,5-10H2,2-3H3,(H,15,17). The molecule has 1 fully saturated rings. The quantitative estimate of drug-likeness (QED) is 0.664. The maximum atomic E-state index is 11.8. The van der Waals surface area contributed by atoms with Crippen LogP contribution in [0.25, 0.3) is 0 Å². The number of rotatable bonds is 5. The van der Waals surface area contributed by atoms with Crippen LogP contribution in [-0.4, -0.2) is 50.1 Å². The van der Waals surface area contributed by atoms with Crippen molar-refractivity contribution < 1.29 is 4.79 Å². The van der Waals surface area contributed by atoms with E-state index in [1.54, 1.807) is 0 Å². The molecule has 1 heterocycles. The van der Waals surface area contributed by atoms with Crippen molar-refractivity contribution in [2.24, 2.45) is 5.92 Å². The van der Waals surface area contributed by atoms with Crippen LogP contribution in [0.2, 0.25) is 0 Å². The predicted molar refractivity (Wildman–Crippen MR) is 69.5 cm³/mol. The van der Waals surface area contributed by atoms with Gasteiger partial charge in [-0.25, -0.2) is 0 Å². The summed E-state index contributed by atoms with van der Waals surface area (Å²) in [6.07, 6.45) is 7.54. The summed E-state index contributed by atoms with van der Waals surface area (Å²) in [5, 5.41) is 5.95. The predicted octanol–water partition coefficient (Wildman–Crippen LogP) is 0.0557. The van der Waals surface area contributed by atoms with Crippen LogP contribution in [0.3, 0.4) is 0 Å². The molecule has 1 rings (SSSR count). The highest BCUT2D eigenvalue weighted by Crippen LogP contribution is 2.17. The van der Waals surface area contributed by atoms with Crippen molar-refractivity contribution in [3.8, 4) is 12.3 Å². The van der Waals surface area contributed by atoms with Gasteiger partial charge in [-0.1, -0.05) is 5.92 Å². The Morgan fingerprint density at radius 3 is 3.06 bits per heavy atom. The van der Waals surface area contributed by atoms with Gasteiger partial charge in [-0.3, -0.25) is 9.69 Å². The molecular weight excluding hydrogens is 214 g/mol. The fraction of sp³-hybridized carbons (Fsp3) is 0.769. The summed E-state index contributed by atoms with van der Waals surface area (Å²) in [6, 6.07) is -0.0805. The number of amides is 1. The molecule has 0 saturated carbocycles. The smallest absolute Gasteiger partial charge is 0.237 e. The molecule has 2 unspecified atom stereocenters. The van der Waals surface area contributed by atoms with Crippen molar-refractivity contribution in [2.75, 3.05) is 33.2 Å². The maximum absolute atomic E-state index is 11.8. The summed E-state index contributed by atoms with van der Waals surface area (Å²) in [6.45, 7) is 5.29. The zero-order chi connectivity index (χ0) is 12.7. The molecule has 1 aliphatic rings. The molecule has 1 saturated heterocycles. The second-order valence-electron chi connectivity index (χ2n) is 4.66. The van der Waals surface area contributed by atoms with E-state index >= 15 is 0 Å². The summed E-state index contributed by atoms with van der Waals surface area (Å²) < 4.78 is 0. The van der Waals surface area contributed by atoms with E-state index in [9.17, 15) is 4.79 Å². The number of piperidine rings is 1. The summed E-state index contributed by atoms with van der Waals surface area (Å²) in [4.78, 5) is 14.0. The Balaban J connectivity index is 2.42.